The van der Waals surface area contributed by atoms with Crippen LogP contribution in [0.3, 0.4) is 0 Å². The number of nitrogens with one attached hydrogen (secondary N) is 1. The molecule has 246 valence electrons. The normalized spacial score (nSPS) is 19.0. The third kappa shape index (κ3) is 7.98. The van der Waals surface area contributed by atoms with Crippen molar-refractivity contribution in [3.05, 3.63) is 77.9 Å². The summed E-state index contributed by atoms with van der Waals surface area (Å²) in [5.74, 6) is 0.391. The molecular weight excluding hydrogens is 639 g/mol. The van der Waals surface area contributed by atoms with Crippen molar-refractivity contribution in [1.29, 1.82) is 5.26 Å². The molecule has 2 fully saturated rings. The van der Waals surface area contributed by atoms with Gasteiger partial charge in [0.2, 0.25) is 11.8 Å². The highest BCUT2D eigenvalue weighted by molar-refractivity contribution is 6.31. The molecule has 2 saturated heterocycles. The summed E-state index contributed by atoms with van der Waals surface area (Å²) in [5, 5.41) is 22.6. The Balaban J connectivity index is 1.55. The number of hydrogen-bond donors (Lipinski definition) is 2. The lowest BCUT2D eigenvalue weighted by atomic mass is 9.92. The molecule has 0 saturated carbocycles. The summed E-state index contributed by atoms with van der Waals surface area (Å²) >= 11 is 13.3. The Hall–Kier alpha value is -3.28. The van der Waals surface area contributed by atoms with Crippen LogP contribution in [0.5, 0.6) is 11.8 Å². The Morgan fingerprint density at radius 3 is 2.11 bits per heavy atom. The van der Waals surface area contributed by atoms with Crippen LogP contribution in [0.1, 0.15) is 83.8 Å². The number of aromatic amines is 1. The van der Waals surface area contributed by atoms with E-state index in [1.54, 1.807) is 6.07 Å². The molecule has 0 aliphatic carbocycles. The molecule has 2 N–H and O–H groups in total. The molecule has 2 aliphatic heterocycles. The monoisotopic (exact) mass is 674 g/mol. The van der Waals surface area contributed by atoms with Gasteiger partial charge in [-0.05, 0) is 44.1 Å². The van der Waals surface area contributed by atoms with E-state index >= 15 is 0 Å². The number of H-pyrrole nitrogens is 1. The minimum Gasteiger partial charge on any atom is -0.481 e. The van der Waals surface area contributed by atoms with E-state index in [-0.39, 0.29) is 58.8 Å². The van der Waals surface area contributed by atoms with Crippen LogP contribution >= 0.6 is 23.2 Å². The van der Waals surface area contributed by atoms with Crippen LogP contribution < -0.4 is 15.0 Å². The van der Waals surface area contributed by atoms with E-state index < -0.39 is 24.2 Å². The van der Waals surface area contributed by atoms with Crippen LogP contribution in [-0.2, 0) is 38.6 Å². The van der Waals surface area contributed by atoms with E-state index in [4.69, 9.17) is 51.6 Å². The summed E-state index contributed by atoms with van der Waals surface area (Å²) in [4.78, 5) is 24.6. The van der Waals surface area contributed by atoms with E-state index in [1.807, 2.05) is 6.07 Å². The van der Waals surface area contributed by atoms with Crippen LogP contribution in [0, 0.1) is 11.3 Å². The van der Waals surface area contributed by atoms with E-state index in [1.165, 1.54) is 26.5 Å². The molecule has 3 aromatic rings. The highest BCUT2D eigenvalue weighted by Gasteiger charge is 2.28. The van der Waals surface area contributed by atoms with Gasteiger partial charge in [-0.2, -0.15) is 5.26 Å². The maximum Gasteiger partial charge on any atom is 0.266 e. The Labute approximate surface area is 276 Å². The van der Waals surface area contributed by atoms with Gasteiger partial charge in [0.25, 0.3) is 5.56 Å². The van der Waals surface area contributed by atoms with Crippen LogP contribution in [-0.4, -0.2) is 60.1 Å². The van der Waals surface area contributed by atoms with Crippen LogP contribution in [0.2, 0.25) is 10.0 Å². The van der Waals surface area contributed by atoms with Gasteiger partial charge in [-0.1, -0.05) is 23.2 Å². The van der Waals surface area contributed by atoms with Gasteiger partial charge in [-0.15, -0.1) is 0 Å². The number of aromatic nitrogens is 3. The number of nitrogens with zero attached hydrogens (tertiary/aromatic N) is 3. The van der Waals surface area contributed by atoms with Crippen molar-refractivity contribution in [2.24, 2.45) is 0 Å². The highest BCUT2D eigenvalue weighted by atomic mass is 35.5. The third-order valence-electron chi connectivity index (χ3n) is 7.98. The average molecular weight is 676 g/mol. The third-order valence-corrected chi connectivity index (χ3v) is 8.65. The summed E-state index contributed by atoms with van der Waals surface area (Å²) in [6.45, 7) is 1.26. The lowest BCUT2D eigenvalue weighted by Crippen LogP contribution is -2.23. The first-order valence-electron chi connectivity index (χ1n) is 15.1. The fraction of sp³-hybridized carbons (Fsp3) is 0.500. The summed E-state index contributed by atoms with van der Waals surface area (Å²) in [6.07, 6.45) is 4.35. The minimum absolute atomic E-state index is 0.00550. The predicted molar refractivity (Wildman–Crippen MR) is 167 cm³/mol. The molecule has 5 rings (SSSR count). The number of pyridine rings is 3. The Kier molecular flexibility index (Phi) is 11.9. The zero-order valence-corrected chi connectivity index (χ0v) is 27.2. The second kappa shape index (κ2) is 16.0. The SMILES string of the molecule is COc1cc(Cl)c(COC2CCCCO2)c(Cc2c(C(O)c3nc(OC)cc(Cl)c3COC3CCCCO3)c[nH]c(=O)c2C#N)n1. The molecule has 3 unspecified atom stereocenters. The number of rotatable bonds is 12. The van der Waals surface area contributed by atoms with Gasteiger partial charge >= 0.3 is 0 Å². The summed E-state index contributed by atoms with van der Waals surface area (Å²) in [6, 6.07) is 5.07. The topological polar surface area (TPSA) is 158 Å². The lowest BCUT2D eigenvalue weighted by molar-refractivity contribution is -0.169. The molecule has 5 heterocycles. The molecule has 0 amide bonds. The van der Waals surface area contributed by atoms with Gasteiger partial charge < -0.3 is 38.5 Å². The van der Waals surface area contributed by atoms with Crippen LogP contribution in [0.25, 0.3) is 0 Å². The van der Waals surface area contributed by atoms with Gasteiger partial charge in [-0.3, -0.25) is 4.79 Å². The van der Waals surface area contributed by atoms with Crippen molar-refractivity contribution in [2.45, 2.75) is 76.8 Å². The van der Waals surface area contributed by atoms with E-state index in [9.17, 15) is 15.2 Å². The average Bonchev–Trinajstić information content (AvgIpc) is 3.07. The molecule has 0 aromatic carbocycles. The first-order valence-corrected chi connectivity index (χ1v) is 15.8. The van der Waals surface area contributed by atoms with Crippen molar-refractivity contribution in [3.63, 3.8) is 0 Å². The standard InChI is InChI=1S/C32H36Cl2N4O8/c1-41-26-12-23(33)21(16-45-28-7-3-5-9-43-28)25(37-26)11-18-19(14-35)32(40)36-15-20(18)31(39)30-22(24(34)13-27(38-30)42-2)17-46-29-8-4-6-10-44-29/h12-13,15,28-29,31,39H,3-11,16-17H2,1-2H3,(H,36,40). The second-order valence-corrected chi connectivity index (χ2v) is 11.7. The quantitative estimate of drug-likeness (QED) is 0.263. The van der Waals surface area contributed by atoms with Crippen molar-refractivity contribution in [1.82, 2.24) is 15.0 Å². The summed E-state index contributed by atoms with van der Waals surface area (Å²) in [5.41, 5.74) is 1.04. The van der Waals surface area contributed by atoms with Crippen LogP contribution in [0.15, 0.2) is 23.1 Å². The number of aliphatic hydroxyl groups excluding tert-OH is 1. The number of hydrogen-bond acceptors (Lipinski definition) is 11. The number of halogens is 2. The molecule has 3 aromatic heterocycles. The predicted octanol–water partition coefficient (Wildman–Crippen LogP) is 5.12. The molecule has 2 aliphatic rings. The highest BCUT2D eigenvalue weighted by Crippen LogP contribution is 2.35. The van der Waals surface area contributed by atoms with E-state index in [2.05, 4.69) is 15.0 Å². The molecule has 3 atom stereocenters. The smallest absolute Gasteiger partial charge is 0.266 e. The number of methoxy groups -OCH3 is 2. The number of nitriles is 1. The Morgan fingerprint density at radius 2 is 1.54 bits per heavy atom. The van der Waals surface area contributed by atoms with Gasteiger partial charge in [0.15, 0.2) is 12.6 Å². The summed E-state index contributed by atoms with van der Waals surface area (Å²) < 4.78 is 34.2. The van der Waals surface area contributed by atoms with E-state index in [0.717, 1.165) is 38.5 Å². The number of ether oxygens (including phenoxy) is 6. The molecular formula is C32H36Cl2N4O8. The molecule has 0 spiro atoms. The minimum atomic E-state index is -1.46. The summed E-state index contributed by atoms with van der Waals surface area (Å²) in [7, 11) is 2.89. The molecule has 0 bridgehead atoms. The van der Waals surface area contributed by atoms with E-state index in [0.29, 0.717) is 35.1 Å². The number of aliphatic hydroxyl groups is 1. The maximum atomic E-state index is 12.9. The zero-order valence-electron chi connectivity index (χ0n) is 25.6. The van der Waals surface area contributed by atoms with Gasteiger partial charge in [0.1, 0.15) is 17.7 Å². The fourth-order valence-electron chi connectivity index (χ4n) is 5.47. The van der Waals surface area contributed by atoms with Crippen molar-refractivity contribution in [2.75, 3.05) is 27.4 Å². The van der Waals surface area contributed by atoms with Crippen molar-refractivity contribution in [3.8, 4) is 17.8 Å². The van der Waals surface area contributed by atoms with Gasteiger partial charge in [0.05, 0.1) is 48.9 Å². The maximum absolute atomic E-state index is 12.9. The first kappa shape index (κ1) is 34.1. The molecule has 14 heteroatoms. The van der Waals surface area contributed by atoms with Crippen LogP contribution in [0.4, 0.5) is 0 Å². The molecule has 0 radical (unpaired) electrons. The lowest BCUT2D eigenvalue weighted by Gasteiger charge is -2.25. The van der Waals surface area contributed by atoms with Gasteiger partial charge in [-0.25, -0.2) is 9.97 Å². The van der Waals surface area contributed by atoms with Crippen molar-refractivity contribution < 1.29 is 33.5 Å². The Bertz CT molecular complexity index is 1620. The zero-order chi connectivity index (χ0) is 32.6. The largest absolute Gasteiger partial charge is 0.481 e. The second-order valence-electron chi connectivity index (χ2n) is 10.9. The fourth-order valence-corrected chi connectivity index (χ4v) is 5.97. The Morgan fingerprint density at radius 1 is 0.957 bits per heavy atom. The molecule has 46 heavy (non-hydrogen) atoms. The first-order chi connectivity index (χ1) is 22.3. The van der Waals surface area contributed by atoms with Crippen molar-refractivity contribution >= 4 is 23.2 Å². The van der Waals surface area contributed by atoms with Gasteiger partial charge in [0, 0.05) is 54.7 Å². The molecule has 12 nitrogen and oxygen atoms in total.